The summed E-state index contributed by atoms with van der Waals surface area (Å²) in [6.45, 7) is 3.78. The third-order valence-corrected chi connectivity index (χ3v) is 5.30. The highest BCUT2D eigenvalue weighted by molar-refractivity contribution is 7.13. The normalized spacial score (nSPS) is 17.6. The molecule has 22 heavy (non-hydrogen) atoms. The average Bonchev–Trinajstić information content (AvgIpc) is 3.24. The van der Waals surface area contributed by atoms with Gasteiger partial charge in [0.25, 0.3) is 5.91 Å². The molecule has 0 aromatic carbocycles. The van der Waals surface area contributed by atoms with Gasteiger partial charge in [-0.15, -0.1) is 11.3 Å². The van der Waals surface area contributed by atoms with Gasteiger partial charge in [0.15, 0.2) is 0 Å². The van der Waals surface area contributed by atoms with Crippen LogP contribution in [-0.4, -0.2) is 40.6 Å². The minimum Gasteiger partial charge on any atom is -0.472 e. The second-order valence-corrected chi connectivity index (χ2v) is 6.70. The van der Waals surface area contributed by atoms with E-state index in [2.05, 4.69) is 11.9 Å². The lowest BCUT2D eigenvalue weighted by atomic mass is 9.86. The molecule has 0 aliphatic carbocycles. The van der Waals surface area contributed by atoms with E-state index >= 15 is 0 Å². The van der Waals surface area contributed by atoms with Crippen molar-refractivity contribution in [3.05, 3.63) is 29.7 Å². The van der Waals surface area contributed by atoms with Gasteiger partial charge in [-0.2, -0.15) is 0 Å². The fourth-order valence-corrected chi connectivity index (χ4v) is 3.65. The van der Waals surface area contributed by atoms with Gasteiger partial charge in [-0.05, 0) is 30.7 Å². The lowest BCUT2D eigenvalue weighted by molar-refractivity contribution is 0.0628. The highest BCUT2D eigenvalue weighted by atomic mass is 32.1. The first-order valence-corrected chi connectivity index (χ1v) is 8.45. The Balaban J connectivity index is 1.63. The number of nitrogens with zero attached hydrogens (tertiary/aromatic N) is 2. The monoisotopic (exact) mass is 320 g/mol. The van der Waals surface area contributed by atoms with Crippen molar-refractivity contribution in [2.45, 2.75) is 19.8 Å². The number of carbonyl (C=O) groups excluding carboxylic acids is 1. The molecular weight excluding hydrogens is 300 g/mol. The molecule has 1 N–H and O–H groups in total. The van der Waals surface area contributed by atoms with Gasteiger partial charge >= 0.3 is 0 Å². The molecule has 6 heteroatoms. The highest BCUT2D eigenvalue weighted by Crippen LogP contribution is 2.27. The number of amides is 1. The lowest BCUT2D eigenvalue weighted by Crippen LogP contribution is -2.40. The smallest absolute Gasteiger partial charge is 0.273 e. The zero-order chi connectivity index (χ0) is 15.5. The Morgan fingerprint density at radius 2 is 2.32 bits per heavy atom. The zero-order valence-electron chi connectivity index (χ0n) is 12.6. The Kier molecular flexibility index (Phi) is 4.59. The molecule has 1 amide bonds. The van der Waals surface area contributed by atoms with E-state index in [0.29, 0.717) is 17.5 Å². The first-order chi connectivity index (χ1) is 10.7. The summed E-state index contributed by atoms with van der Waals surface area (Å²) in [6, 6.07) is 1.84. The molecule has 1 saturated heterocycles. The first kappa shape index (κ1) is 15.2. The Morgan fingerprint density at radius 3 is 2.95 bits per heavy atom. The number of rotatable bonds is 4. The molecule has 0 bridgehead atoms. The summed E-state index contributed by atoms with van der Waals surface area (Å²) in [7, 11) is 0. The minimum atomic E-state index is 0.00102. The molecule has 1 aliphatic heterocycles. The van der Waals surface area contributed by atoms with Gasteiger partial charge in [-0.25, -0.2) is 4.98 Å². The molecule has 0 radical (unpaired) electrons. The van der Waals surface area contributed by atoms with Crippen LogP contribution in [0, 0.1) is 11.8 Å². The third-order valence-electron chi connectivity index (χ3n) is 4.41. The maximum Gasteiger partial charge on any atom is 0.273 e. The van der Waals surface area contributed by atoms with E-state index in [9.17, 15) is 9.90 Å². The van der Waals surface area contributed by atoms with E-state index < -0.39 is 0 Å². The maximum atomic E-state index is 12.5. The van der Waals surface area contributed by atoms with Gasteiger partial charge in [-0.1, -0.05) is 6.92 Å². The quantitative estimate of drug-likeness (QED) is 0.940. The molecule has 5 nitrogen and oxygen atoms in total. The molecule has 3 heterocycles. The SMILES string of the molecule is CC(CO)C1CCN(C(=O)c2csc(-c3ccoc3)n2)CC1. The molecular formula is C16H20N2O3S. The van der Waals surface area contributed by atoms with Crippen molar-refractivity contribution in [1.82, 2.24) is 9.88 Å². The van der Waals surface area contributed by atoms with Crippen LogP contribution >= 0.6 is 11.3 Å². The van der Waals surface area contributed by atoms with Crippen LogP contribution in [0.1, 0.15) is 30.3 Å². The van der Waals surface area contributed by atoms with Crippen molar-refractivity contribution < 1.29 is 14.3 Å². The van der Waals surface area contributed by atoms with Crippen LogP contribution in [0.4, 0.5) is 0 Å². The van der Waals surface area contributed by atoms with Gasteiger partial charge in [0.05, 0.1) is 6.26 Å². The van der Waals surface area contributed by atoms with Crippen LogP contribution in [0.15, 0.2) is 28.4 Å². The molecule has 3 rings (SSSR count). The van der Waals surface area contributed by atoms with Crippen LogP contribution in [0.3, 0.4) is 0 Å². The lowest BCUT2D eigenvalue weighted by Gasteiger charge is -2.34. The van der Waals surface area contributed by atoms with Gasteiger partial charge in [0.2, 0.25) is 0 Å². The molecule has 2 aromatic rings. The van der Waals surface area contributed by atoms with E-state index in [1.165, 1.54) is 11.3 Å². The molecule has 1 atom stereocenters. The van der Waals surface area contributed by atoms with Gasteiger partial charge in [-0.3, -0.25) is 4.79 Å². The van der Waals surface area contributed by atoms with Gasteiger partial charge in [0.1, 0.15) is 17.0 Å². The number of furan rings is 1. The van der Waals surface area contributed by atoms with Crippen molar-refractivity contribution in [3.63, 3.8) is 0 Å². The van der Waals surface area contributed by atoms with Crippen LogP contribution in [0.2, 0.25) is 0 Å². The van der Waals surface area contributed by atoms with Crippen LogP contribution in [0.5, 0.6) is 0 Å². The predicted molar refractivity (Wildman–Crippen MR) is 84.7 cm³/mol. The third kappa shape index (κ3) is 3.08. The van der Waals surface area contributed by atoms with Crippen LogP contribution in [0.25, 0.3) is 10.6 Å². The highest BCUT2D eigenvalue weighted by Gasteiger charge is 2.27. The van der Waals surface area contributed by atoms with E-state index in [-0.39, 0.29) is 12.5 Å². The summed E-state index contributed by atoms with van der Waals surface area (Å²) in [5.41, 5.74) is 1.41. The Bertz CT molecular complexity index is 615. The molecule has 2 aromatic heterocycles. The van der Waals surface area contributed by atoms with Crippen molar-refractivity contribution in [2.24, 2.45) is 11.8 Å². The number of aliphatic hydroxyl groups is 1. The Morgan fingerprint density at radius 1 is 1.55 bits per heavy atom. The van der Waals surface area contributed by atoms with E-state index in [0.717, 1.165) is 36.5 Å². The van der Waals surface area contributed by atoms with Crippen LogP contribution < -0.4 is 0 Å². The number of thiazole rings is 1. The summed E-state index contributed by atoms with van der Waals surface area (Å²) in [4.78, 5) is 18.8. The van der Waals surface area contributed by atoms with Gasteiger partial charge in [0, 0.05) is 30.6 Å². The molecule has 1 fully saturated rings. The van der Waals surface area contributed by atoms with E-state index in [1.807, 2.05) is 16.3 Å². The van der Waals surface area contributed by atoms with Crippen molar-refractivity contribution >= 4 is 17.2 Å². The number of hydrogen-bond donors (Lipinski definition) is 1. The van der Waals surface area contributed by atoms with Crippen molar-refractivity contribution in [3.8, 4) is 10.6 Å². The molecule has 1 unspecified atom stereocenters. The standard InChI is InChI=1S/C16H20N2O3S/c1-11(8-19)12-2-5-18(6-3-12)16(20)14-10-22-15(17-14)13-4-7-21-9-13/h4,7,9-12,19H,2-3,5-6,8H2,1H3. The largest absolute Gasteiger partial charge is 0.472 e. The van der Waals surface area contributed by atoms with Crippen LogP contribution in [-0.2, 0) is 0 Å². The first-order valence-electron chi connectivity index (χ1n) is 7.57. The number of aromatic nitrogens is 1. The number of piperidine rings is 1. The topological polar surface area (TPSA) is 66.6 Å². The Labute approximate surface area is 133 Å². The molecule has 0 spiro atoms. The fraction of sp³-hybridized carbons (Fsp3) is 0.500. The number of carbonyl (C=O) groups is 1. The summed E-state index contributed by atoms with van der Waals surface area (Å²) in [5, 5.41) is 11.9. The predicted octanol–water partition coefficient (Wildman–Crippen LogP) is 2.88. The average molecular weight is 320 g/mol. The number of hydrogen-bond acceptors (Lipinski definition) is 5. The molecule has 118 valence electrons. The maximum absolute atomic E-state index is 12.5. The fourth-order valence-electron chi connectivity index (χ4n) is 2.87. The molecule has 1 aliphatic rings. The zero-order valence-corrected chi connectivity index (χ0v) is 13.4. The van der Waals surface area contributed by atoms with E-state index in [4.69, 9.17) is 4.42 Å². The molecule has 0 saturated carbocycles. The second kappa shape index (κ2) is 6.62. The summed E-state index contributed by atoms with van der Waals surface area (Å²) >= 11 is 1.46. The van der Waals surface area contributed by atoms with Gasteiger partial charge < -0.3 is 14.4 Å². The minimum absolute atomic E-state index is 0.00102. The summed E-state index contributed by atoms with van der Waals surface area (Å²) in [5.74, 6) is 0.816. The number of aliphatic hydroxyl groups excluding tert-OH is 1. The number of likely N-dealkylation sites (tertiary alicyclic amines) is 1. The summed E-state index contributed by atoms with van der Waals surface area (Å²) in [6.07, 6.45) is 5.14. The Hall–Kier alpha value is -1.66. The van der Waals surface area contributed by atoms with Crippen molar-refractivity contribution in [2.75, 3.05) is 19.7 Å². The van der Waals surface area contributed by atoms with Crippen molar-refractivity contribution in [1.29, 1.82) is 0 Å². The second-order valence-electron chi connectivity index (χ2n) is 5.84. The van der Waals surface area contributed by atoms with E-state index in [1.54, 1.807) is 12.5 Å². The summed E-state index contributed by atoms with van der Waals surface area (Å²) < 4.78 is 5.05.